The van der Waals surface area contributed by atoms with Crippen LogP contribution in [0.2, 0.25) is 0 Å². The van der Waals surface area contributed by atoms with E-state index in [1.807, 2.05) is 6.92 Å². The lowest BCUT2D eigenvalue weighted by atomic mass is 9.62. The smallest absolute Gasteiger partial charge is 0.407 e. The summed E-state index contributed by atoms with van der Waals surface area (Å²) in [6, 6.07) is 0.717. The van der Waals surface area contributed by atoms with E-state index in [1.54, 1.807) is 0 Å². The molecule has 0 spiro atoms. The number of rotatable bonds is 5. The number of amides is 1. The molecule has 0 unspecified atom stereocenters. The number of hydrogen-bond donors (Lipinski definition) is 1. The SMILES string of the molecule is CC(C)C[C@H](C)OC(=O)N[C@@H]1C[C@@H](N2CCOCC2)C1(C)C. The molecule has 2 aliphatic rings. The zero-order valence-corrected chi connectivity index (χ0v) is 14.7. The van der Waals surface area contributed by atoms with Gasteiger partial charge in [0.05, 0.1) is 13.2 Å². The molecule has 1 amide bonds. The van der Waals surface area contributed by atoms with E-state index in [1.165, 1.54) is 0 Å². The predicted octanol–water partition coefficient (Wildman–Crippen LogP) is 2.65. The van der Waals surface area contributed by atoms with Gasteiger partial charge in [-0.3, -0.25) is 4.90 Å². The molecule has 128 valence electrons. The molecule has 0 aromatic heterocycles. The summed E-state index contributed by atoms with van der Waals surface area (Å²) < 4.78 is 10.9. The van der Waals surface area contributed by atoms with E-state index >= 15 is 0 Å². The Kier molecular flexibility index (Phi) is 5.72. The number of morpholine rings is 1. The van der Waals surface area contributed by atoms with Crippen LogP contribution in [0, 0.1) is 11.3 Å². The van der Waals surface area contributed by atoms with Gasteiger partial charge in [-0.1, -0.05) is 27.7 Å². The first-order chi connectivity index (χ1) is 10.3. The summed E-state index contributed by atoms with van der Waals surface area (Å²) in [5, 5.41) is 3.06. The van der Waals surface area contributed by atoms with Crippen molar-refractivity contribution in [2.45, 2.75) is 65.6 Å². The fourth-order valence-electron chi connectivity index (χ4n) is 3.73. The van der Waals surface area contributed by atoms with Crippen LogP contribution in [0.3, 0.4) is 0 Å². The number of ether oxygens (including phenoxy) is 2. The van der Waals surface area contributed by atoms with Gasteiger partial charge in [-0.05, 0) is 25.7 Å². The van der Waals surface area contributed by atoms with E-state index in [9.17, 15) is 4.79 Å². The van der Waals surface area contributed by atoms with Gasteiger partial charge in [0.15, 0.2) is 0 Å². The van der Waals surface area contributed by atoms with Crippen LogP contribution in [0.15, 0.2) is 0 Å². The Morgan fingerprint density at radius 3 is 2.50 bits per heavy atom. The highest BCUT2D eigenvalue weighted by Crippen LogP contribution is 2.44. The van der Waals surface area contributed by atoms with Gasteiger partial charge < -0.3 is 14.8 Å². The lowest BCUT2D eigenvalue weighted by molar-refractivity contribution is -0.0768. The van der Waals surface area contributed by atoms with Gasteiger partial charge >= 0.3 is 6.09 Å². The number of carbonyl (C=O) groups excluding carboxylic acids is 1. The topological polar surface area (TPSA) is 50.8 Å². The highest BCUT2D eigenvalue weighted by atomic mass is 16.6. The molecule has 1 saturated carbocycles. The molecule has 1 heterocycles. The van der Waals surface area contributed by atoms with E-state index in [2.05, 4.69) is 37.9 Å². The Morgan fingerprint density at radius 1 is 1.32 bits per heavy atom. The highest BCUT2D eigenvalue weighted by molar-refractivity contribution is 5.68. The predicted molar refractivity (Wildman–Crippen MR) is 86.9 cm³/mol. The minimum atomic E-state index is -0.272. The molecule has 2 rings (SSSR count). The van der Waals surface area contributed by atoms with Gasteiger partial charge in [0.2, 0.25) is 0 Å². The Bertz CT molecular complexity index is 378. The number of hydrogen-bond acceptors (Lipinski definition) is 4. The quantitative estimate of drug-likeness (QED) is 0.848. The second-order valence-electron chi connectivity index (χ2n) is 7.76. The maximum atomic E-state index is 12.0. The van der Waals surface area contributed by atoms with Crippen molar-refractivity contribution in [3.63, 3.8) is 0 Å². The monoisotopic (exact) mass is 312 g/mol. The van der Waals surface area contributed by atoms with Crippen molar-refractivity contribution in [3.8, 4) is 0 Å². The largest absolute Gasteiger partial charge is 0.447 e. The Balaban J connectivity index is 1.78. The molecule has 0 aromatic carbocycles. The summed E-state index contributed by atoms with van der Waals surface area (Å²) in [5.41, 5.74) is 0.0810. The maximum absolute atomic E-state index is 12.0. The second kappa shape index (κ2) is 7.18. The standard InChI is InChI=1S/C17H32N2O3/c1-12(2)10-13(3)22-16(20)18-14-11-15(17(14,4)5)19-6-8-21-9-7-19/h12-15H,6-11H2,1-5H3,(H,18,20)/t13-,14+,15+/m0/s1. The van der Waals surface area contributed by atoms with Crippen molar-refractivity contribution in [2.24, 2.45) is 11.3 Å². The van der Waals surface area contributed by atoms with Crippen molar-refractivity contribution in [2.75, 3.05) is 26.3 Å². The highest BCUT2D eigenvalue weighted by Gasteiger charge is 2.51. The van der Waals surface area contributed by atoms with Crippen molar-refractivity contribution in [1.29, 1.82) is 0 Å². The Morgan fingerprint density at radius 2 is 1.95 bits per heavy atom. The van der Waals surface area contributed by atoms with E-state index in [4.69, 9.17) is 9.47 Å². The van der Waals surface area contributed by atoms with Crippen LogP contribution in [-0.2, 0) is 9.47 Å². The van der Waals surface area contributed by atoms with E-state index in [0.29, 0.717) is 12.0 Å². The summed E-state index contributed by atoms with van der Waals surface area (Å²) in [4.78, 5) is 14.5. The van der Waals surface area contributed by atoms with Crippen LogP contribution < -0.4 is 5.32 Å². The first-order valence-electron chi connectivity index (χ1n) is 8.59. The van der Waals surface area contributed by atoms with Gasteiger partial charge in [-0.25, -0.2) is 4.79 Å². The zero-order valence-electron chi connectivity index (χ0n) is 14.7. The Labute approximate surface area is 134 Å². The van der Waals surface area contributed by atoms with Crippen molar-refractivity contribution >= 4 is 6.09 Å². The molecule has 3 atom stereocenters. The van der Waals surface area contributed by atoms with Gasteiger partial charge in [0.1, 0.15) is 6.10 Å². The van der Waals surface area contributed by atoms with Crippen LogP contribution >= 0.6 is 0 Å². The van der Waals surface area contributed by atoms with Gasteiger partial charge in [0, 0.05) is 30.6 Å². The van der Waals surface area contributed by atoms with Gasteiger partial charge in [-0.15, -0.1) is 0 Å². The van der Waals surface area contributed by atoms with Gasteiger partial charge in [0.25, 0.3) is 0 Å². The van der Waals surface area contributed by atoms with Gasteiger partial charge in [-0.2, -0.15) is 0 Å². The summed E-state index contributed by atoms with van der Waals surface area (Å²) >= 11 is 0. The fourth-order valence-corrected chi connectivity index (χ4v) is 3.73. The molecule has 1 aliphatic heterocycles. The van der Waals surface area contributed by atoms with Crippen molar-refractivity contribution in [3.05, 3.63) is 0 Å². The minimum absolute atomic E-state index is 0.0294. The summed E-state index contributed by atoms with van der Waals surface area (Å²) in [6.45, 7) is 14.3. The van der Waals surface area contributed by atoms with Crippen molar-refractivity contribution in [1.82, 2.24) is 10.2 Å². The first kappa shape index (κ1) is 17.5. The van der Waals surface area contributed by atoms with Crippen LogP contribution in [0.1, 0.15) is 47.5 Å². The van der Waals surface area contributed by atoms with E-state index in [-0.39, 0.29) is 23.7 Å². The van der Waals surface area contributed by atoms with Crippen molar-refractivity contribution < 1.29 is 14.3 Å². The lowest BCUT2D eigenvalue weighted by Gasteiger charge is -2.56. The average Bonchev–Trinajstić information content (AvgIpc) is 2.43. The normalized spacial score (nSPS) is 29.7. The fraction of sp³-hybridized carbons (Fsp3) is 0.941. The molecule has 1 aliphatic carbocycles. The molecule has 1 saturated heterocycles. The molecule has 0 radical (unpaired) electrons. The number of nitrogens with zero attached hydrogens (tertiary/aromatic N) is 1. The molecule has 0 bridgehead atoms. The van der Waals surface area contributed by atoms with Crippen LogP contribution in [0.25, 0.3) is 0 Å². The summed E-state index contributed by atoms with van der Waals surface area (Å²) in [7, 11) is 0. The zero-order chi connectivity index (χ0) is 16.3. The number of nitrogens with one attached hydrogen (secondary N) is 1. The third-order valence-corrected chi connectivity index (χ3v) is 5.11. The molecule has 22 heavy (non-hydrogen) atoms. The first-order valence-corrected chi connectivity index (χ1v) is 8.59. The molecular formula is C17H32N2O3. The molecule has 0 aromatic rings. The van der Waals surface area contributed by atoms with Crippen LogP contribution in [0.4, 0.5) is 4.79 Å². The minimum Gasteiger partial charge on any atom is -0.447 e. The molecule has 2 fully saturated rings. The van der Waals surface area contributed by atoms with E-state index < -0.39 is 0 Å². The third kappa shape index (κ3) is 4.13. The third-order valence-electron chi connectivity index (χ3n) is 5.11. The number of alkyl carbamates (subject to hydrolysis) is 1. The molecule has 5 heteroatoms. The summed E-state index contributed by atoms with van der Waals surface area (Å²) in [5.74, 6) is 0.536. The second-order valence-corrected chi connectivity index (χ2v) is 7.76. The Hall–Kier alpha value is -0.810. The molecular weight excluding hydrogens is 280 g/mol. The number of carbonyl (C=O) groups is 1. The summed E-state index contributed by atoms with van der Waals surface area (Å²) in [6.07, 6.45) is 1.60. The maximum Gasteiger partial charge on any atom is 0.407 e. The van der Waals surface area contributed by atoms with Crippen LogP contribution in [-0.4, -0.2) is 55.5 Å². The van der Waals surface area contributed by atoms with E-state index in [0.717, 1.165) is 39.1 Å². The van der Waals surface area contributed by atoms with Crippen LogP contribution in [0.5, 0.6) is 0 Å². The average molecular weight is 312 g/mol. The molecule has 5 nitrogen and oxygen atoms in total. The lowest BCUT2D eigenvalue weighted by Crippen LogP contribution is -2.67. The molecule has 1 N–H and O–H groups in total.